The van der Waals surface area contributed by atoms with Crippen LogP contribution in [0.25, 0.3) is 5.69 Å². The molecule has 1 aliphatic heterocycles. The first kappa shape index (κ1) is 29.3. The zero-order valence-electron chi connectivity index (χ0n) is 23.8. The van der Waals surface area contributed by atoms with Gasteiger partial charge in [0, 0.05) is 24.3 Å². The molecule has 5 rings (SSSR count). The van der Waals surface area contributed by atoms with Gasteiger partial charge in [-0.25, -0.2) is 4.39 Å². The lowest BCUT2D eigenvalue weighted by Gasteiger charge is -2.31. The highest BCUT2D eigenvalue weighted by molar-refractivity contribution is 5.95. The summed E-state index contributed by atoms with van der Waals surface area (Å²) in [6.07, 6.45) is 2.80. The minimum atomic E-state index is -0.531. The van der Waals surface area contributed by atoms with Crippen LogP contribution in [0.5, 0.6) is 17.2 Å². The molecule has 2 heterocycles. The lowest BCUT2D eigenvalue weighted by atomic mass is 9.97. The Morgan fingerprint density at radius 3 is 2.37 bits per heavy atom. The number of nitrogens with zero attached hydrogens (tertiary/aromatic N) is 3. The van der Waals surface area contributed by atoms with Gasteiger partial charge in [0.1, 0.15) is 17.3 Å². The maximum atomic E-state index is 13.6. The zero-order valence-corrected chi connectivity index (χ0v) is 23.8. The SMILES string of the molecule is CCOC(=O)[C@H]1CCCN(C(=O)c2ccc(Nc3c(Oc4ccc(OC)cc4)cnn(-c4ccc(F)cc4)c3=O)cc2)C1. The number of amides is 1. The second-order valence-corrected chi connectivity index (χ2v) is 9.90. The van der Waals surface area contributed by atoms with Gasteiger partial charge in [0.25, 0.3) is 11.5 Å². The summed E-state index contributed by atoms with van der Waals surface area (Å²) in [5.41, 5.74) is 0.893. The molecule has 11 heteroatoms. The lowest BCUT2D eigenvalue weighted by Crippen LogP contribution is -2.42. The summed E-state index contributed by atoms with van der Waals surface area (Å²) in [5, 5.41) is 7.34. The number of likely N-dealkylation sites (tertiary alicyclic amines) is 1. The van der Waals surface area contributed by atoms with Crippen LogP contribution in [0.4, 0.5) is 15.8 Å². The number of rotatable bonds is 9. The van der Waals surface area contributed by atoms with Crippen molar-refractivity contribution in [3.05, 3.63) is 101 Å². The topological polar surface area (TPSA) is 112 Å². The maximum absolute atomic E-state index is 13.6. The van der Waals surface area contributed by atoms with Gasteiger partial charge < -0.3 is 24.4 Å². The number of anilines is 2. The van der Waals surface area contributed by atoms with Gasteiger partial charge in [-0.05, 0) is 92.6 Å². The van der Waals surface area contributed by atoms with Crippen LogP contribution in [0.15, 0.2) is 83.8 Å². The monoisotopic (exact) mass is 586 g/mol. The van der Waals surface area contributed by atoms with Crippen LogP contribution in [0.1, 0.15) is 30.1 Å². The molecule has 1 aromatic heterocycles. The predicted octanol–water partition coefficient (Wildman–Crippen LogP) is 5.33. The number of hydrogen-bond acceptors (Lipinski definition) is 8. The highest BCUT2D eigenvalue weighted by atomic mass is 19.1. The average Bonchev–Trinajstić information content (AvgIpc) is 3.04. The van der Waals surface area contributed by atoms with Crippen molar-refractivity contribution in [2.24, 2.45) is 5.92 Å². The van der Waals surface area contributed by atoms with Crippen LogP contribution in [0.2, 0.25) is 0 Å². The van der Waals surface area contributed by atoms with Gasteiger partial charge in [0.15, 0.2) is 11.4 Å². The van der Waals surface area contributed by atoms with Gasteiger partial charge in [-0.2, -0.15) is 9.78 Å². The van der Waals surface area contributed by atoms with Crippen molar-refractivity contribution in [1.29, 1.82) is 0 Å². The standard InChI is InChI=1S/C32H31FN4O6/c1-3-42-32(40)22-5-4-18-36(20-22)30(38)21-6-10-24(11-7-21)35-29-28(43-27-16-14-26(41-2)15-17-27)19-34-37(31(29)39)25-12-8-23(33)9-13-25/h6-17,19,22,35H,3-5,18,20H2,1-2H3/t22-/m0/s1. The number of aromatic nitrogens is 2. The molecular weight excluding hydrogens is 555 g/mol. The zero-order chi connectivity index (χ0) is 30.3. The number of benzene rings is 3. The average molecular weight is 587 g/mol. The van der Waals surface area contributed by atoms with Crippen molar-refractivity contribution in [3.8, 4) is 22.9 Å². The third-order valence-electron chi connectivity index (χ3n) is 7.03. The summed E-state index contributed by atoms with van der Waals surface area (Å²) in [4.78, 5) is 40.7. The number of ether oxygens (including phenoxy) is 3. The molecule has 0 radical (unpaired) electrons. The highest BCUT2D eigenvalue weighted by Gasteiger charge is 2.29. The molecule has 43 heavy (non-hydrogen) atoms. The Hall–Kier alpha value is -5.19. The molecule has 1 fully saturated rings. The highest BCUT2D eigenvalue weighted by Crippen LogP contribution is 2.30. The van der Waals surface area contributed by atoms with Gasteiger partial charge in [-0.15, -0.1) is 0 Å². The Labute approximate surface area is 247 Å². The molecule has 1 amide bonds. The van der Waals surface area contributed by atoms with Gasteiger partial charge >= 0.3 is 5.97 Å². The molecule has 4 aromatic rings. The lowest BCUT2D eigenvalue weighted by molar-refractivity contribution is -0.149. The number of esters is 1. The molecular formula is C32H31FN4O6. The number of carbonyl (C=O) groups excluding carboxylic acids is 2. The molecule has 222 valence electrons. The quantitative estimate of drug-likeness (QED) is 0.262. The van der Waals surface area contributed by atoms with Gasteiger partial charge in [-0.3, -0.25) is 14.4 Å². The van der Waals surface area contributed by atoms with E-state index in [1.54, 1.807) is 67.5 Å². The number of piperidine rings is 1. The first-order valence-corrected chi connectivity index (χ1v) is 13.9. The number of hydrogen-bond donors (Lipinski definition) is 1. The molecule has 0 spiro atoms. The third-order valence-corrected chi connectivity index (χ3v) is 7.03. The number of methoxy groups -OCH3 is 1. The third kappa shape index (κ3) is 6.83. The molecule has 1 aliphatic rings. The second kappa shape index (κ2) is 13.2. The maximum Gasteiger partial charge on any atom is 0.310 e. The smallest absolute Gasteiger partial charge is 0.310 e. The first-order valence-electron chi connectivity index (χ1n) is 13.9. The van der Waals surface area contributed by atoms with Crippen LogP contribution >= 0.6 is 0 Å². The molecule has 0 unspecified atom stereocenters. The van der Waals surface area contributed by atoms with Crippen LogP contribution in [0, 0.1) is 11.7 Å². The van der Waals surface area contributed by atoms with E-state index in [9.17, 15) is 18.8 Å². The second-order valence-electron chi connectivity index (χ2n) is 9.90. The predicted molar refractivity (Wildman–Crippen MR) is 158 cm³/mol. The van der Waals surface area contributed by atoms with E-state index in [2.05, 4.69) is 10.4 Å². The summed E-state index contributed by atoms with van der Waals surface area (Å²) < 4.78 is 31.0. The molecule has 1 atom stereocenters. The normalized spacial score (nSPS) is 14.6. The van der Waals surface area contributed by atoms with E-state index in [1.807, 2.05) is 0 Å². The Bertz CT molecular complexity index is 1640. The largest absolute Gasteiger partial charge is 0.497 e. The Kier molecular flexibility index (Phi) is 8.99. The van der Waals surface area contributed by atoms with E-state index >= 15 is 0 Å². The fraction of sp³-hybridized carbons (Fsp3) is 0.250. The fourth-order valence-electron chi connectivity index (χ4n) is 4.81. The molecule has 0 saturated carbocycles. The van der Waals surface area contributed by atoms with Crippen molar-refractivity contribution >= 4 is 23.3 Å². The van der Waals surface area contributed by atoms with E-state index in [4.69, 9.17) is 14.2 Å². The van der Waals surface area contributed by atoms with Gasteiger partial charge in [-0.1, -0.05) is 0 Å². The summed E-state index contributed by atoms with van der Waals surface area (Å²) in [5.74, 6) is 0.0109. The van der Waals surface area contributed by atoms with E-state index in [0.717, 1.165) is 4.68 Å². The summed E-state index contributed by atoms with van der Waals surface area (Å²) in [6.45, 7) is 2.93. The number of halogens is 1. The van der Waals surface area contributed by atoms with Crippen LogP contribution in [0.3, 0.4) is 0 Å². The van der Waals surface area contributed by atoms with E-state index in [1.165, 1.54) is 30.5 Å². The van der Waals surface area contributed by atoms with Crippen molar-refractivity contribution in [2.45, 2.75) is 19.8 Å². The van der Waals surface area contributed by atoms with Crippen LogP contribution < -0.4 is 20.3 Å². The Balaban J connectivity index is 1.40. The molecule has 1 saturated heterocycles. The first-order chi connectivity index (χ1) is 20.9. The minimum absolute atomic E-state index is 0.0857. The molecule has 10 nitrogen and oxygen atoms in total. The van der Waals surface area contributed by atoms with Crippen LogP contribution in [-0.4, -0.2) is 53.4 Å². The van der Waals surface area contributed by atoms with Crippen molar-refractivity contribution in [1.82, 2.24) is 14.7 Å². The van der Waals surface area contributed by atoms with E-state index < -0.39 is 11.4 Å². The number of nitrogens with one attached hydrogen (secondary N) is 1. The van der Waals surface area contributed by atoms with Crippen molar-refractivity contribution < 1.29 is 28.2 Å². The summed E-state index contributed by atoms with van der Waals surface area (Å²) in [7, 11) is 1.56. The van der Waals surface area contributed by atoms with Crippen LogP contribution in [-0.2, 0) is 9.53 Å². The van der Waals surface area contributed by atoms with E-state index in [-0.39, 0.29) is 29.2 Å². The van der Waals surface area contributed by atoms with Crippen molar-refractivity contribution in [2.75, 3.05) is 32.1 Å². The molecule has 0 bridgehead atoms. The molecule has 0 aliphatic carbocycles. The summed E-state index contributed by atoms with van der Waals surface area (Å²) >= 11 is 0. The molecule has 1 N–H and O–H groups in total. The van der Waals surface area contributed by atoms with E-state index in [0.29, 0.717) is 61.0 Å². The summed E-state index contributed by atoms with van der Waals surface area (Å²) in [6, 6.07) is 18.9. The fourth-order valence-corrected chi connectivity index (χ4v) is 4.81. The van der Waals surface area contributed by atoms with Crippen molar-refractivity contribution in [3.63, 3.8) is 0 Å². The Morgan fingerprint density at radius 2 is 1.70 bits per heavy atom. The minimum Gasteiger partial charge on any atom is -0.497 e. The Morgan fingerprint density at radius 1 is 1.00 bits per heavy atom. The van der Waals surface area contributed by atoms with Gasteiger partial charge in [0.2, 0.25) is 0 Å². The van der Waals surface area contributed by atoms with Gasteiger partial charge in [0.05, 0.1) is 31.5 Å². The number of carbonyl (C=O) groups is 2. The molecule has 3 aromatic carbocycles.